The largest absolute Gasteiger partial charge is 0.446 e. The van der Waals surface area contributed by atoms with E-state index >= 15 is 0 Å². The number of rotatable bonds is 3. The fourth-order valence-electron chi connectivity index (χ4n) is 2.98. The van der Waals surface area contributed by atoms with Gasteiger partial charge in [0.1, 0.15) is 11.6 Å². The molecule has 16 heavy (non-hydrogen) atoms. The lowest BCUT2D eigenvalue weighted by Crippen LogP contribution is -2.32. The molecule has 0 aromatic carbocycles. The maximum atomic E-state index is 11.8. The van der Waals surface area contributed by atoms with Crippen LogP contribution in [0.1, 0.15) is 45.4 Å². The second kappa shape index (κ2) is 3.22. The van der Waals surface area contributed by atoms with Gasteiger partial charge in [0.2, 0.25) is 0 Å². The third-order valence-electron chi connectivity index (χ3n) is 4.21. The minimum atomic E-state index is -0.190. The van der Waals surface area contributed by atoms with Crippen LogP contribution in [0.15, 0.2) is 0 Å². The third kappa shape index (κ3) is 1.22. The van der Waals surface area contributed by atoms with Gasteiger partial charge >= 0.3 is 6.09 Å². The number of nitrogens with one attached hydrogen (secondary N) is 1. The van der Waals surface area contributed by atoms with Crippen LogP contribution in [-0.2, 0) is 4.74 Å². The molecule has 1 heterocycles. The molecule has 3 fully saturated rings. The first-order valence-corrected chi connectivity index (χ1v) is 6.28. The standard InChI is InChI=1S/C12H18N2O2/c1-2-9(13)12-7-10(12)14(12)11(15)16-8-5-3-4-6-8/h8,10,13H,2-7H2,1H3. The monoisotopic (exact) mass is 222 g/mol. The summed E-state index contributed by atoms with van der Waals surface area (Å²) in [5.74, 6) is 0. The molecule has 4 heteroatoms. The molecule has 1 N–H and O–H groups in total. The molecular formula is C12H18N2O2. The molecule has 2 aliphatic carbocycles. The topological polar surface area (TPSA) is 53.2 Å². The van der Waals surface area contributed by atoms with Crippen LogP contribution in [0.4, 0.5) is 4.79 Å². The molecule has 2 atom stereocenters. The van der Waals surface area contributed by atoms with E-state index in [4.69, 9.17) is 10.1 Å². The zero-order chi connectivity index (χ0) is 11.3. The van der Waals surface area contributed by atoms with Gasteiger partial charge in [-0.25, -0.2) is 4.79 Å². The lowest BCUT2D eigenvalue weighted by atomic mass is 10.1. The van der Waals surface area contributed by atoms with Gasteiger partial charge in [0.05, 0.1) is 6.04 Å². The Balaban J connectivity index is 1.56. The van der Waals surface area contributed by atoms with Crippen molar-refractivity contribution in [1.82, 2.24) is 4.90 Å². The minimum Gasteiger partial charge on any atom is -0.446 e. The Morgan fingerprint density at radius 2 is 2.19 bits per heavy atom. The maximum absolute atomic E-state index is 11.8. The fourth-order valence-corrected chi connectivity index (χ4v) is 2.98. The molecule has 88 valence electrons. The highest BCUT2D eigenvalue weighted by Crippen LogP contribution is 2.64. The van der Waals surface area contributed by atoms with E-state index in [9.17, 15) is 4.79 Å². The van der Waals surface area contributed by atoms with Crippen LogP contribution in [0.3, 0.4) is 0 Å². The van der Waals surface area contributed by atoms with E-state index in [1.807, 2.05) is 6.92 Å². The Bertz CT molecular complexity index is 349. The predicted octanol–water partition coefficient (Wildman–Crippen LogP) is 2.32. The summed E-state index contributed by atoms with van der Waals surface area (Å²) in [6.07, 6.45) is 6.07. The summed E-state index contributed by atoms with van der Waals surface area (Å²) < 4.78 is 5.45. The van der Waals surface area contributed by atoms with E-state index in [-0.39, 0.29) is 17.7 Å². The number of nitrogens with zero attached hydrogens (tertiary/aromatic N) is 1. The summed E-state index contributed by atoms with van der Waals surface area (Å²) in [4.78, 5) is 13.6. The number of carbonyl (C=O) groups excluding carboxylic acids is 1. The van der Waals surface area contributed by atoms with Crippen molar-refractivity contribution >= 4 is 11.8 Å². The molecule has 3 aliphatic rings. The lowest BCUT2D eigenvalue weighted by Gasteiger charge is -2.18. The van der Waals surface area contributed by atoms with Gasteiger partial charge in [0.25, 0.3) is 0 Å². The summed E-state index contributed by atoms with van der Waals surface area (Å²) in [5.41, 5.74) is 0.505. The minimum absolute atomic E-state index is 0.139. The third-order valence-corrected chi connectivity index (χ3v) is 4.21. The molecule has 2 saturated carbocycles. The molecule has 0 radical (unpaired) electrons. The smallest absolute Gasteiger partial charge is 0.411 e. The summed E-state index contributed by atoms with van der Waals surface area (Å²) in [7, 11) is 0. The lowest BCUT2D eigenvalue weighted by molar-refractivity contribution is 0.0782. The molecule has 0 aromatic heterocycles. The maximum Gasteiger partial charge on any atom is 0.411 e. The Morgan fingerprint density at radius 1 is 1.50 bits per heavy atom. The van der Waals surface area contributed by atoms with Crippen LogP contribution in [0.5, 0.6) is 0 Å². The number of ether oxygens (including phenoxy) is 1. The van der Waals surface area contributed by atoms with Crippen molar-refractivity contribution in [3.8, 4) is 0 Å². The number of hydrogen-bond donors (Lipinski definition) is 1. The van der Waals surface area contributed by atoms with Crippen LogP contribution in [0.2, 0.25) is 0 Å². The molecule has 0 bridgehead atoms. The first kappa shape index (κ1) is 10.1. The molecule has 4 nitrogen and oxygen atoms in total. The van der Waals surface area contributed by atoms with E-state index in [2.05, 4.69) is 0 Å². The van der Waals surface area contributed by atoms with Gasteiger partial charge in [-0.05, 0) is 32.1 Å². The number of fused-ring (bicyclic) bond motifs is 1. The summed E-state index contributed by atoms with van der Waals surface area (Å²) in [6, 6.07) is 0.300. The molecule has 1 amide bonds. The second-order valence-corrected chi connectivity index (χ2v) is 5.14. The summed E-state index contributed by atoms with van der Waals surface area (Å²) >= 11 is 0. The van der Waals surface area contributed by atoms with Crippen molar-refractivity contribution in [2.45, 2.75) is 63.1 Å². The summed E-state index contributed by atoms with van der Waals surface area (Å²) in [6.45, 7) is 1.98. The van der Waals surface area contributed by atoms with Crippen molar-refractivity contribution in [3.63, 3.8) is 0 Å². The molecule has 0 spiro atoms. The van der Waals surface area contributed by atoms with E-state index < -0.39 is 0 Å². The first-order valence-electron chi connectivity index (χ1n) is 6.28. The number of amides is 1. The summed E-state index contributed by atoms with van der Waals surface area (Å²) in [5, 5.41) is 7.85. The van der Waals surface area contributed by atoms with Crippen LogP contribution >= 0.6 is 0 Å². The number of hydrogen-bond acceptors (Lipinski definition) is 3. The van der Waals surface area contributed by atoms with Crippen molar-refractivity contribution in [1.29, 1.82) is 5.41 Å². The highest BCUT2D eigenvalue weighted by molar-refractivity contribution is 6.04. The molecular weight excluding hydrogens is 204 g/mol. The highest BCUT2D eigenvalue weighted by atomic mass is 16.6. The van der Waals surface area contributed by atoms with Gasteiger partial charge in [0.15, 0.2) is 0 Å². The second-order valence-electron chi connectivity index (χ2n) is 5.14. The SMILES string of the molecule is CCC(=N)C12CC1N2C(=O)OC1CCCC1. The Hall–Kier alpha value is -1.06. The van der Waals surface area contributed by atoms with E-state index in [1.165, 1.54) is 12.8 Å². The Morgan fingerprint density at radius 3 is 2.75 bits per heavy atom. The van der Waals surface area contributed by atoms with Gasteiger partial charge in [0, 0.05) is 12.1 Å². The zero-order valence-electron chi connectivity index (χ0n) is 9.66. The molecule has 3 rings (SSSR count). The van der Waals surface area contributed by atoms with Gasteiger partial charge < -0.3 is 10.1 Å². The Kier molecular flexibility index (Phi) is 2.03. The average molecular weight is 222 g/mol. The first-order chi connectivity index (χ1) is 7.70. The number of carbonyl (C=O) groups is 1. The van der Waals surface area contributed by atoms with Crippen molar-refractivity contribution in [2.75, 3.05) is 0 Å². The normalized spacial score (nSPS) is 35.8. The van der Waals surface area contributed by atoms with Gasteiger partial charge in [-0.3, -0.25) is 4.90 Å². The quantitative estimate of drug-likeness (QED) is 0.588. The Labute approximate surface area is 95.5 Å². The molecule has 0 aromatic rings. The van der Waals surface area contributed by atoms with E-state index in [1.54, 1.807) is 4.90 Å². The molecule has 2 unspecified atom stereocenters. The molecule has 1 aliphatic heterocycles. The van der Waals surface area contributed by atoms with Crippen LogP contribution in [-0.4, -0.2) is 34.4 Å². The highest BCUT2D eigenvalue weighted by Gasteiger charge is 2.82. The molecule has 1 saturated heterocycles. The fraction of sp³-hybridized carbons (Fsp3) is 0.833. The average Bonchev–Trinajstić information content (AvgIpc) is 3.06. The number of likely N-dealkylation sites (tertiary alicyclic amines) is 1. The van der Waals surface area contributed by atoms with E-state index in [0.717, 1.165) is 25.7 Å². The van der Waals surface area contributed by atoms with Crippen LogP contribution in [0, 0.1) is 5.41 Å². The van der Waals surface area contributed by atoms with Crippen LogP contribution in [0.25, 0.3) is 0 Å². The van der Waals surface area contributed by atoms with Gasteiger partial charge in [-0.15, -0.1) is 0 Å². The van der Waals surface area contributed by atoms with Crippen LogP contribution < -0.4 is 0 Å². The van der Waals surface area contributed by atoms with Gasteiger partial charge in [-0.1, -0.05) is 6.92 Å². The zero-order valence-corrected chi connectivity index (χ0v) is 9.66. The van der Waals surface area contributed by atoms with E-state index in [0.29, 0.717) is 11.8 Å². The van der Waals surface area contributed by atoms with Gasteiger partial charge in [-0.2, -0.15) is 0 Å². The predicted molar refractivity (Wildman–Crippen MR) is 59.7 cm³/mol. The van der Waals surface area contributed by atoms with Crippen molar-refractivity contribution in [2.24, 2.45) is 0 Å². The van der Waals surface area contributed by atoms with Crippen molar-refractivity contribution in [3.05, 3.63) is 0 Å². The van der Waals surface area contributed by atoms with Crippen molar-refractivity contribution < 1.29 is 9.53 Å².